The van der Waals surface area contributed by atoms with Crippen molar-refractivity contribution in [2.45, 2.75) is 17.3 Å². The third-order valence-electron chi connectivity index (χ3n) is 3.42. The maximum absolute atomic E-state index is 12.1. The van der Waals surface area contributed by atoms with E-state index in [-0.39, 0.29) is 17.4 Å². The molecule has 1 amide bonds. The molecule has 3 aromatic rings. The molecule has 0 saturated heterocycles. The fraction of sp³-hybridized carbons (Fsp3) is 0.118. The minimum absolute atomic E-state index is 0.0467. The summed E-state index contributed by atoms with van der Waals surface area (Å²) in [6.45, 7) is 1.75. The van der Waals surface area contributed by atoms with E-state index < -0.39 is 5.25 Å². The van der Waals surface area contributed by atoms with Gasteiger partial charge in [0, 0.05) is 11.6 Å². The van der Waals surface area contributed by atoms with E-state index >= 15 is 0 Å². The van der Waals surface area contributed by atoms with Crippen molar-refractivity contribution in [3.05, 3.63) is 48.0 Å². The van der Waals surface area contributed by atoms with Gasteiger partial charge in [0.25, 0.3) is 5.91 Å². The molecule has 0 saturated carbocycles. The van der Waals surface area contributed by atoms with Gasteiger partial charge >= 0.3 is 0 Å². The molecule has 4 N–H and O–H groups in total. The predicted molar refractivity (Wildman–Crippen MR) is 96.9 cm³/mol. The van der Waals surface area contributed by atoms with Crippen LogP contribution in [0.3, 0.4) is 0 Å². The first-order valence-corrected chi connectivity index (χ1v) is 8.37. The summed E-state index contributed by atoms with van der Waals surface area (Å²) in [6, 6.07) is 11.7. The molecule has 7 nitrogen and oxygen atoms in total. The number of nitrogens with zero attached hydrogens (tertiary/aromatic N) is 2. The lowest BCUT2D eigenvalue weighted by atomic mass is 10.2. The highest BCUT2D eigenvalue weighted by atomic mass is 32.2. The summed E-state index contributed by atoms with van der Waals surface area (Å²) in [6.07, 6.45) is 1.31. The number of benzene rings is 2. The maximum atomic E-state index is 12.1. The zero-order valence-corrected chi connectivity index (χ0v) is 14.1. The standard InChI is InChI=1S/C17H16N4O3S/c1-10(25-17-19-13-4-2-3-5-14(13)20-17)16(24)21-18-9-11-6-7-12(22)8-15(11)23/h2-10,22-23H,1H3,(H,19,20)(H,21,24)/t10-/m1/s1. The van der Waals surface area contributed by atoms with Crippen molar-refractivity contribution < 1.29 is 15.0 Å². The van der Waals surface area contributed by atoms with Gasteiger partial charge in [-0.15, -0.1) is 0 Å². The van der Waals surface area contributed by atoms with E-state index in [0.717, 1.165) is 11.0 Å². The Kier molecular flexibility index (Phi) is 4.90. The molecule has 3 rings (SSSR count). The minimum Gasteiger partial charge on any atom is -0.508 e. The van der Waals surface area contributed by atoms with Crippen LogP contribution in [0.15, 0.2) is 52.7 Å². The zero-order valence-electron chi connectivity index (χ0n) is 13.3. The van der Waals surface area contributed by atoms with E-state index in [1.807, 2.05) is 24.3 Å². The smallest absolute Gasteiger partial charge is 0.253 e. The highest BCUT2D eigenvalue weighted by Gasteiger charge is 2.16. The molecule has 8 heteroatoms. The first kappa shape index (κ1) is 16.8. The number of fused-ring (bicyclic) bond motifs is 1. The molecule has 0 aliphatic carbocycles. The Bertz CT molecular complexity index is 906. The summed E-state index contributed by atoms with van der Waals surface area (Å²) in [7, 11) is 0. The van der Waals surface area contributed by atoms with Gasteiger partial charge in [0.2, 0.25) is 0 Å². The zero-order chi connectivity index (χ0) is 17.8. The highest BCUT2D eigenvalue weighted by molar-refractivity contribution is 8.00. The molecule has 1 aromatic heterocycles. The molecule has 0 aliphatic rings. The third-order valence-corrected chi connectivity index (χ3v) is 4.40. The Balaban J connectivity index is 1.59. The number of carbonyl (C=O) groups excluding carboxylic acids is 1. The van der Waals surface area contributed by atoms with Gasteiger partial charge in [-0.25, -0.2) is 10.4 Å². The summed E-state index contributed by atoms with van der Waals surface area (Å²) < 4.78 is 0. The molecule has 1 atom stereocenters. The number of rotatable bonds is 5. The number of hydrazone groups is 1. The van der Waals surface area contributed by atoms with Crippen LogP contribution < -0.4 is 5.43 Å². The van der Waals surface area contributed by atoms with Crippen molar-refractivity contribution >= 4 is 34.9 Å². The number of para-hydroxylation sites is 2. The van der Waals surface area contributed by atoms with Gasteiger partial charge in [-0.1, -0.05) is 23.9 Å². The highest BCUT2D eigenvalue weighted by Crippen LogP contribution is 2.23. The SMILES string of the molecule is C[C@@H](Sc1nc2ccccc2[nH]1)C(=O)NN=Cc1ccc(O)cc1O. The first-order chi connectivity index (χ1) is 12.0. The van der Waals surface area contributed by atoms with Crippen molar-refractivity contribution in [3.8, 4) is 11.5 Å². The summed E-state index contributed by atoms with van der Waals surface area (Å²) >= 11 is 1.29. The second kappa shape index (κ2) is 7.27. The van der Waals surface area contributed by atoms with Gasteiger partial charge in [0.1, 0.15) is 11.5 Å². The largest absolute Gasteiger partial charge is 0.508 e. The summed E-state index contributed by atoms with van der Waals surface area (Å²) in [4.78, 5) is 19.7. The number of aromatic hydroxyl groups is 2. The summed E-state index contributed by atoms with van der Waals surface area (Å²) in [5.74, 6) is -0.461. The van der Waals surface area contributed by atoms with E-state index in [4.69, 9.17) is 0 Å². The average Bonchev–Trinajstić information content (AvgIpc) is 2.98. The van der Waals surface area contributed by atoms with Crippen LogP contribution in [0.1, 0.15) is 12.5 Å². The van der Waals surface area contributed by atoms with Crippen LogP contribution in [0, 0.1) is 0 Å². The molecule has 128 valence electrons. The Morgan fingerprint density at radius 2 is 2.12 bits per heavy atom. The van der Waals surface area contributed by atoms with E-state index in [2.05, 4.69) is 20.5 Å². The molecular formula is C17H16N4O3S. The number of H-pyrrole nitrogens is 1. The van der Waals surface area contributed by atoms with E-state index in [1.54, 1.807) is 6.92 Å². The Labute approximate surface area is 147 Å². The number of phenolic OH excluding ortho intramolecular Hbond substituents is 2. The molecule has 1 heterocycles. The lowest BCUT2D eigenvalue weighted by molar-refractivity contribution is -0.120. The fourth-order valence-electron chi connectivity index (χ4n) is 2.10. The van der Waals surface area contributed by atoms with Crippen LogP contribution >= 0.6 is 11.8 Å². The first-order valence-electron chi connectivity index (χ1n) is 7.49. The van der Waals surface area contributed by atoms with Crippen LogP contribution in [0.5, 0.6) is 11.5 Å². The van der Waals surface area contributed by atoms with Gasteiger partial charge in [0.15, 0.2) is 5.16 Å². The van der Waals surface area contributed by atoms with Crippen LogP contribution in [0.2, 0.25) is 0 Å². The van der Waals surface area contributed by atoms with Gasteiger partial charge in [-0.3, -0.25) is 4.79 Å². The second-order valence-electron chi connectivity index (χ2n) is 5.30. The molecular weight excluding hydrogens is 340 g/mol. The lowest BCUT2D eigenvalue weighted by Crippen LogP contribution is -2.26. The van der Waals surface area contributed by atoms with Crippen molar-refractivity contribution in [3.63, 3.8) is 0 Å². The molecule has 0 radical (unpaired) electrons. The topological polar surface area (TPSA) is 111 Å². The number of carbonyl (C=O) groups is 1. The molecule has 0 fully saturated rings. The number of imidazole rings is 1. The quantitative estimate of drug-likeness (QED) is 0.319. The molecule has 0 bridgehead atoms. The minimum atomic E-state index is -0.411. The average molecular weight is 356 g/mol. The van der Waals surface area contributed by atoms with E-state index in [9.17, 15) is 15.0 Å². The Morgan fingerprint density at radius 1 is 1.32 bits per heavy atom. The molecule has 0 unspecified atom stereocenters. The van der Waals surface area contributed by atoms with Crippen molar-refractivity contribution in [2.75, 3.05) is 0 Å². The van der Waals surface area contributed by atoms with E-state index in [0.29, 0.717) is 10.7 Å². The summed E-state index contributed by atoms with van der Waals surface area (Å²) in [5, 5.41) is 23.0. The predicted octanol–water partition coefficient (Wildman–Crippen LogP) is 2.60. The van der Waals surface area contributed by atoms with Gasteiger partial charge in [-0.05, 0) is 31.2 Å². The van der Waals surface area contributed by atoms with E-state index in [1.165, 1.54) is 36.2 Å². The summed E-state index contributed by atoms with van der Waals surface area (Å²) in [5.41, 5.74) is 4.57. The van der Waals surface area contributed by atoms with Crippen LogP contribution in [-0.4, -0.2) is 37.6 Å². The van der Waals surface area contributed by atoms with Crippen LogP contribution in [0.4, 0.5) is 0 Å². The Hall–Kier alpha value is -3.00. The lowest BCUT2D eigenvalue weighted by Gasteiger charge is -2.07. The number of hydrogen-bond donors (Lipinski definition) is 4. The normalized spacial score (nSPS) is 12.5. The molecule has 0 spiro atoms. The number of aromatic amines is 1. The fourth-order valence-corrected chi connectivity index (χ4v) is 2.92. The second-order valence-corrected chi connectivity index (χ2v) is 6.63. The number of nitrogens with one attached hydrogen (secondary N) is 2. The van der Waals surface area contributed by atoms with Gasteiger partial charge in [-0.2, -0.15) is 5.10 Å². The van der Waals surface area contributed by atoms with Crippen molar-refractivity contribution in [1.29, 1.82) is 0 Å². The molecule has 25 heavy (non-hydrogen) atoms. The Morgan fingerprint density at radius 3 is 2.88 bits per heavy atom. The number of hydrogen-bond acceptors (Lipinski definition) is 6. The molecule has 0 aliphatic heterocycles. The monoisotopic (exact) mass is 356 g/mol. The van der Waals surface area contributed by atoms with Crippen LogP contribution in [0.25, 0.3) is 11.0 Å². The number of phenols is 2. The van der Waals surface area contributed by atoms with Crippen molar-refractivity contribution in [2.24, 2.45) is 5.10 Å². The number of amides is 1. The van der Waals surface area contributed by atoms with Gasteiger partial charge in [0.05, 0.1) is 22.5 Å². The number of thioether (sulfide) groups is 1. The van der Waals surface area contributed by atoms with Crippen molar-refractivity contribution in [1.82, 2.24) is 15.4 Å². The number of aromatic nitrogens is 2. The van der Waals surface area contributed by atoms with Crippen LogP contribution in [-0.2, 0) is 4.79 Å². The molecule has 2 aromatic carbocycles. The maximum Gasteiger partial charge on any atom is 0.253 e. The third kappa shape index (κ3) is 4.10. The van der Waals surface area contributed by atoms with Gasteiger partial charge < -0.3 is 15.2 Å².